The maximum atomic E-state index is 12.0. The van der Waals surface area contributed by atoms with Crippen LogP contribution in [0.1, 0.15) is 37.4 Å². The van der Waals surface area contributed by atoms with Gasteiger partial charge in [-0.05, 0) is 43.0 Å². The Morgan fingerprint density at radius 3 is 2.79 bits per heavy atom. The fraction of sp³-hybridized carbons (Fsp3) is 0.500. The highest BCUT2D eigenvalue weighted by Crippen LogP contribution is 2.33. The minimum absolute atomic E-state index is 0. The molecule has 19 heavy (non-hydrogen) atoms. The van der Waals surface area contributed by atoms with Crippen molar-refractivity contribution in [2.24, 2.45) is 11.7 Å². The number of fused-ring (bicyclic) bond motifs is 1. The second kappa shape index (κ2) is 6.60. The van der Waals surface area contributed by atoms with E-state index in [2.05, 4.69) is 5.32 Å². The predicted octanol–water partition coefficient (Wildman–Crippen LogP) is 2.85. The molecule has 1 amide bonds. The van der Waals surface area contributed by atoms with Gasteiger partial charge in [0.15, 0.2) is 0 Å². The molecule has 0 fully saturated rings. The lowest BCUT2D eigenvalue weighted by atomic mass is 10.0. The summed E-state index contributed by atoms with van der Waals surface area (Å²) in [4.78, 5) is 12.0. The molecule has 3 unspecified atom stereocenters. The summed E-state index contributed by atoms with van der Waals surface area (Å²) in [5.74, 6) is -0.140. The maximum absolute atomic E-state index is 12.0. The summed E-state index contributed by atoms with van der Waals surface area (Å²) < 4.78 is 0. The van der Waals surface area contributed by atoms with Crippen molar-refractivity contribution in [2.45, 2.75) is 38.8 Å². The molecule has 106 valence electrons. The number of amides is 1. The average molecular weight is 303 g/mol. The van der Waals surface area contributed by atoms with Gasteiger partial charge in [-0.1, -0.05) is 24.6 Å². The van der Waals surface area contributed by atoms with Crippen molar-refractivity contribution in [3.05, 3.63) is 34.3 Å². The summed E-state index contributed by atoms with van der Waals surface area (Å²) in [6.07, 6.45) is 1.90. The van der Waals surface area contributed by atoms with Crippen LogP contribution in [-0.2, 0) is 11.2 Å². The maximum Gasteiger partial charge on any atom is 0.224 e. The van der Waals surface area contributed by atoms with Crippen LogP contribution in [0.2, 0.25) is 5.02 Å². The van der Waals surface area contributed by atoms with Gasteiger partial charge in [-0.15, -0.1) is 12.4 Å². The SMILES string of the molecule is CC(N)C(C)C(=O)NC1CCc2cc(Cl)ccc21.Cl. The monoisotopic (exact) mass is 302 g/mol. The molecule has 1 aromatic carbocycles. The molecule has 0 radical (unpaired) electrons. The van der Waals surface area contributed by atoms with E-state index in [1.165, 1.54) is 11.1 Å². The zero-order valence-electron chi connectivity index (χ0n) is 11.2. The number of nitrogens with one attached hydrogen (secondary N) is 1. The lowest BCUT2D eigenvalue weighted by molar-refractivity contribution is -0.125. The Balaban J connectivity index is 0.00000180. The Labute approximate surface area is 125 Å². The van der Waals surface area contributed by atoms with Gasteiger partial charge in [0.25, 0.3) is 0 Å². The Morgan fingerprint density at radius 1 is 1.47 bits per heavy atom. The van der Waals surface area contributed by atoms with Crippen LogP contribution in [0.4, 0.5) is 0 Å². The van der Waals surface area contributed by atoms with E-state index in [4.69, 9.17) is 17.3 Å². The van der Waals surface area contributed by atoms with Gasteiger partial charge in [-0.2, -0.15) is 0 Å². The Bertz CT molecular complexity index is 463. The van der Waals surface area contributed by atoms with Gasteiger partial charge in [0.1, 0.15) is 0 Å². The number of benzene rings is 1. The number of carbonyl (C=O) groups is 1. The number of rotatable bonds is 3. The van der Waals surface area contributed by atoms with Gasteiger partial charge in [0.2, 0.25) is 5.91 Å². The second-order valence-corrected chi connectivity index (χ2v) is 5.53. The van der Waals surface area contributed by atoms with Crippen molar-refractivity contribution < 1.29 is 4.79 Å². The molecular weight excluding hydrogens is 283 g/mol. The van der Waals surface area contributed by atoms with E-state index in [1.54, 1.807) is 0 Å². The third-order valence-corrected chi connectivity index (χ3v) is 3.94. The number of carbonyl (C=O) groups excluding carboxylic acids is 1. The van der Waals surface area contributed by atoms with Crippen molar-refractivity contribution in [2.75, 3.05) is 0 Å². The van der Waals surface area contributed by atoms with Crippen molar-refractivity contribution in [1.29, 1.82) is 0 Å². The van der Waals surface area contributed by atoms with Crippen molar-refractivity contribution in [1.82, 2.24) is 5.32 Å². The predicted molar refractivity (Wildman–Crippen MR) is 80.7 cm³/mol. The van der Waals surface area contributed by atoms with Gasteiger partial charge in [0.05, 0.1) is 6.04 Å². The number of hydrogen-bond donors (Lipinski definition) is 2. The van der Waals surface area contributed by atoms with Crippen LogP contribution in [0, 0.1) is 5.92 Å². The topological polar surface area (TPSA) is 55.1 Å². The molecule has 1 aromatic rings. The first-order valence-electron chi connectivity index (χ1n) is 6.33. The van der Waals surface area contributed by atoms with E-state index in [0.29, 0.717) is 0 Å². The van der Waals surface area contributed by atoms with E-state index in [0.717, 1.165) is 17.9 Å². The van der Waals surface area contributed by atoms with Crippen LogP contribution in [0.25, 0.3) is 0 Å². The van der Waals surface area contributed by atoms with E-state index in [1.807, 2.05) is 32.0 Å². The van der Waals surface area contributed by atoms with E-state index >= 15 is 0 Å². The first kappa shape index (κ1) is 16.3. The lowest BCUT2D eigenvalue weighted by Gasteiger charge is -2.20. The Kier molecular flexibility index (Phi) is 5.65. The van der Waals surface area contributed by atoms with E-state index in [9.17, 15) is 4.79 Å². The summed E-state index contributed by atoms with van der Waals surface area (Å²) in [5.41, 5.74) is 8.17. The van der Waals surface area contributed by atoms with Crippen molar-refractivity contribution in [3.8, 4) is 0 Å². The normalized spacial score (nSPS) is 20.1. The molecule has 1 aliphatic rings. The molecule has 0 saturated heterocycles. The summed E-state index contributed by atoms with van der Waals surface area (Å²) in [6, 6.07) is 5.84. The largest absolute Gasteiger partial charge is 0.349 e. The van der Waals surface area contributed by atoms with Crippen LogP contribution in [0.5, 0.6) is 0 Å². The quantitative estimate of drug-likeness (QED) is 0.902. The number of halogens is 2. The van der Waals surface area contributed by atoms with E-state index < -0.39 is 0 Å². The highest BCUT2D eigenvalue weighted by Gasteiger charge is 2.26. The zero-order valence-corrected chi connectivity index (χ0v) is 12.7. The van der Waals surface area contributed by atoms with Gasteiger partial charge in [-0.3, -0.25) is 4.79 Å². The smallest absolute Gasteiger partial charge is 0.224 e. The first-order chi connectivity index (χ1) is 8.49. The summed E-state index contributed by atoms with van der Waals surface area (Å²) in [7, 11) is 0. The molecule has 0 heterocycles. The molecule has 3 nitrogen and oxygen atoms in total. The summed E-state index contributed by atoms with van der Waals surface area (Å²) in [5, 5.41) is 3.83. The average Bonchev–Trinajstić information content (AvgIpc) is 2.70. The Morgan fingerprint density at radius 2 is 2.16 bits per heavy atom. The minimum atomic E-state index is -0.165. The van der Waals surface area contributed by atoms with Crippen LogP contribution in [-0.4, -0.2) is 11.9 Å². The molecule has 0 aromatic heterocycles. The van der Waals surface area contributed by atoms with Crippen LogP contribution in [0.3, 0.4) is 0 Å². The van der Waals surface area contributed by atoms with Gasteiger partial charge in [0, 0.05) is 17.0 Å². The van der Waals surface area contributed by atoms with Gasteiger partial charge >= 0.3 is 0 Å². The fourth-order valence-electron chi connectivity index (χ4n) is 2.28. The zero-order chi connectivity index (χ0) is 13.3. The number of aryl methyl sites for hydroxylation is 1. The lowest BCUT2D eigenvalue weighted by Crippen LogP contribution is -2.39. The molecule has 5 heteroatoms. The molecule has 2 rings (SSSR count). The number of hydrogen-bond acceptors (Lipinski definition) is 2. The fourth-order valence-corrected chi connectivity index (χ4v) is 2.47. The van der Waals surface area contributed by atoms with E-state index in [-0.39, 0.29) is 36.3 Å². The van der Waals surface area contributed by atoms with Gasteiger partial charge < -0.3 is 11.1 Å². The molecule has 0 spiro atoms. The van der Waals surface area contributed by atoms with Gasteiger partial charge in [-0.25, -0.2) is 0 Å². The molecule has 0 aliphatic heterocycles. The minimum Gasteiger partial charge on any atom is -0.349 e. The van der Waals surface area contributed by atoms with Crippen molar-refractivity contribution >= 4 is 29.9 Å². The third-order valence-electron chi connectivity index (χ3n) is 3.70. The molecule has 0 saturated carbocycles. The first-order valence-corrected chi connectivity index (χ1v) is 6.71. The van der Waals surface area contributed by atoms with Crippen LogP contribution >= 0.6 is 24.0 Å². The highest BCUT2D eigenvalue weighted by atomic mass is 35.5. The summed E-state index contributed by atoms with van der Waals surface area (Å²) in [6.45, 7) is 3.71. The molecule has 3 N–H and O–H groups in total. The standard InChI is InChI=1S/C14H19ClN2O.ClH/c1-8(9(2)16)14(18)17-13-6-3-10-7-11(15)4-5-12(10)13;/h4-5,7-9,13H,3,6,16H2,1-2H3,(H,17,18);1H. The second-order valence-electron chi connectivity index (χ2n) is 5.09. The molecular formula is C14H20Cl2N2O. The number of nitrogens with two attached hydrogens (primary N) is 1. The summed E-state index contributed by atoms with van der Waals surface area (Å²) >= 11 is 5.96. The highest BCUT2D eigenvalue weighted by molar-refractivity contribution is 6.30. The Hall–Kier alpha value is -0.770. The van der Waals surface area contributed by atoms with Crippen molar-refractivity contribution in [3.63, 3.8) is 0 Å². The van der Waals surface area contributed by atoms with Crippen LogP contribution in [0.15, 0.2) is 18.2 Å². The molecule has 1 aliphatic carbocycles. The molecule has 0 bridgehead atoms. The molecule has 3 atom stereocenters. The third kappa shape index (κ3) is 3.62. The van der Waals surface area contributed by atoms with Crippen LogP contribution < -0.4 is 11.1 Å².